The van der Waals surface area contributed by atoms with Gasteiger partial charge in [-0.15, -0.1) is 0 Å². The summed E-state index contributed by atoms with van der Waals surface area (Å²) in [7, 11) is -2.42. The average molecular weight is 416 g/mol. The largest absolute Gasteiger partial charge is 0.322 e. The lowest BCUT2D eigenvalue weighted by atomic mass is 10.2. The number of hydrogen-bond acceptors (Lipinski definition) is 4. The molecule has 1 N–H and O–H groups in total. The predicted molar refractivity (Wildman–Crippen MR) is 110 cm³/mol. The predicted octanol–water partition coefficient (Wildman–Crippen LogP) is 4.12. The third-order valence-electron chi connectivity index (χ3n) is 4.08. The summed E-state index contributed by atoms with van der Waals surface area (Å²) in [5.41, 5.74) is 2.00. The second kappa shape index (κ2) is 8.00. The summed E-state index contributed by atoms with van der Waals surface area (Å²) >= 11 is 5.96. The molecule has 28 heavy (non-hydrogen) atoms. The van der Waals surface area contributed by atoms with Gasteiger partial charge in [-0.25, -0.2) is 8.42 Å². The lowest BCUT2D eigenvalue weighted by Gasteiger charge is -2.20. The number of nitrogens with one attached hydrogen (secondary N) is 1. The minimum absolute atomic E-state index is 0.00790. The molecular formula is C20H18ClN3O3S. The zero-order valence-corrected chi connectivity index (χ0v) is 16.8. The Morgan fingerprint density at radius 2 is 1.82 bits per heavy atom. The number of halogens is 1. The molecule has 1 amide bonds. The zero-order valence-electron chi connectivity index (χ0n) is 15.3. The molecule has 0 aliphatic heterocycles. The van der Waals surface area contributed by atoms with Crippen LogP contribution in [0.3, 0.4) is 0 Å². The molecule has 0 unspecified atom stereocenters. The molecule has 3 rings (SSSR count). The van der Waals surface area contributed by atoms with E-state index < -0.39 is 15.9 Å². The van der Waals surface area contributed by atoms with Gasteiger partial charge in [0.05, 0.1) is 10.6 Å². The fraction of sp³-hybridized carbons (Fsp3) is 0.100. The summed E-state index contributed by atoms with van der Waals surface area (Å²) in [5, 5.41) is 3.17. The normalized spacial score (nSPS) is 11.1. The first-order chi connectivity index (χ1) is 13.3. The van der Waals surface area contributed by atoms with Crippen molar-refractivity contribution in [3.63, 3.8) is 0 Å². The van der Waals surface area contributed by atoms with E-state index in [1.165, 1.54) is 25.2 Å². The first kappa shape index (κ1) is 19.9. The summed E-state index contributed by atoms with van der Waals surface area (Å²) in [6.07, 6.45) is 1.59. The van der Waals surface area contributed by atoms with Gasteiger partial charge in [0.1, 0.15) is 0 Å². The van der Waals surface area contributed by atoms with Crippen LogP contribution in [-0.2, 0) is 10.0 Å². The summed E-state index contributed by atoms with van der Waals surface area (Å²) < 4.78 is 27.1. The van der Waals surface area contributed by atoms with Crippen LogP contribution in [0.25, 0.3) is 0 Å². The van der Waals surface area contributed by atoms with Crippen LogP contribution in [-0.4, -0.2) is 26.4 Å². The van der Waals surface area contributed by atoms with Crippen LogP contribution in [0, 0.1) is 6.92 Å². The maximum atomic E-state index is 13.0. The maximum Gasteiger partial charge on any atom is 0.264 e. The Hall–Kier alpha value is -2.90. The number of sulfonamides is 1. The Bertz CT molecular complexity index is 1130. The van der Waals surface area contributed by atoms with Crippen LogP contribution in [0.4, 0.5) is 11.4 Å². The van der Waals surface area contributed by atoms with Gasteiger partial charge >= 0.3 is 0 Å². The van der Waals surface area contributed by atoms with Gasteiger partial charge in [0.2, 0.25) is 0 Å². The third kappa shape index (κ3) is 4.32. The van der Waals surface area contributed by atoms with Gasteiger partial charge in [0.25, 0.3) is 15.9 Å². The van der Waals surface area contributed by atoms with E-state index in [0.717, 1.165) is 10.00 Å². The number of aromatic nitrogens is 1. The molecule has 0 saturated heterocycles. The Kier molecular flexibility index (Phi) is 5.67. The first-order valence-corrected chi connectivity index (χ1v) is 10.2. The van der Waals surface area contributed by atoms with Gasteiger partial charge in [0.15, 0.2) is 0 Å². The van der Waals surface area contributed by atoms with E-state index in [0.29, 0.717) is 16.4 Å². The number of benzene rings is 2. The molecule has 0 radical (unpaired) electrons. The Morgan fingerprint density at radius 3 is 2.54 bits per heavy atom. The lowest BCUT2D eigenvalue weighted by molar-refractivity contribution is 0.102. The van der Waals surface area contributed by atoms with E-state index in [9.17, 15) is 13.2 Å². The first-order valence-electron chi connectivity index (χ1n) is 8.36. The molecule has 0 aliphatic carbocycles. The monoisotopic (exact) mass is 415 g/mol. The topological polar surface area (TPSA) is 79.4 Å². The summed E-state index contributed by atoms with van der Waals surface area (Å²) in [6, 6.07) is 15.8. The molecule has 8 heteroatoms. The molecule has 144 valence electrons. The lowest BCUT2D eigenvalue weighted by Crippen LogP contribution is -2.26. The Balaban J connectivity index is 1.88. The highest BCUT2D eigenvalue weighted by Gasteiger charge is 2.22. The highest BCUT2D eigenvalue weighted by atomic mass is 35.5. The quantitative estimate of drug-likeness (QED) is 0.679. The van der Waals surface area contributed by atoms with Crippen LogP contribution in [0.1, 0.15) is 16.1 Å². The van der Waals surface area contributed by atoms with Gasteiger partial charge in [-0.3, -0.25) is 14.1 Å². The molecule has 0 saturated carbocycles. The summed E-state index contributed by atoms with van der Waals surface area (Å²) in [5.74, 6) is -0.409. The van der Waals surface area contributed by atoms with Crippen molar-refractivity contribution in [3.8, 4) is 0 Å². The zero-order chi connectivity index (χ0) is 20.3. The standard InChI is InChI=1S/C20H18ClN3O3S/c1-14-11-17(9-10-22-14)23-20(25)15-5-3-8-19(12-15)28(26,27)24(2)18-7-4-6-16(21)13-18/h3-13H,1-2H3,(H,22,23,25). The van der Waals surface area contributed by atoms with Crippen LogP contribution in [0.15, 0.2) is 71.8 Å². The number of hydrogen-bond donors (Lipinski definition) is 1. The summed E-state index contributed by atoms with van der Waals surface area (Å²) in [6.45, 7) is 1.81. The van der Waals surface area contributed by atoms with E-state index in [-0.39, 0.29) is 10.5 Å². The van der Waals surface area contributed by atoms with Gasteiger partial charge in [-0.1, -0.05) is 23.7 Å². The third-order valence-corrected chi connectivity index (χ3v) is 6.10. The van der Waals surface area contributed by atoms with E-state index in [1.54, 1.807) is 48.7 Å². The highest BCUT2D eigenvalue weighted by Crippen LogP contribution is 2.25. The SMILES string of the molecule is Cc1cc(NC(=O)c2cccc(S(=O)(=O)N(C)c3cccc(Cl)c3)c2)ccn1. The fourth-order valence-electron chi connectivity index (χ4n) is 2.59. The van der Waals surface area contributed by atoms with E-state index in [2.05, 4.69) is 10.3 Å². The number of nitrogens with zero attached hydrogens (tertiary/aromatic N) is 2. The minimum atomic E-state index is -3.86. The molecule has 2 aromatic carbocycles. The maximum absolute atomic E-state index is 13.0. The fourth-order valence-corrected chi connectivity index (χ4v) is 4.01. The molecular weight excluding hydrogens is 398 g/mol. The van der Waals surface area contributed by atoms with E-state index in [1.807, 2.05) is 6.92 Å². The number of aryl methyl sites for hydroxylation is 1. The van der Waals surface area contributed by atoms with Crippen molar-refractivity contribution in [1.29, 1.82) is 0 Å². The molecule has 0 atom stereocenters. The van der Waals surface area contributed by atoms with Gasteiger partial charge in [0, 0.05) is 35.2 Å². The highest BCUT2D eigenvalue weighted by molar-refractivity contribution is 7.92. The second-order valence-corrected chi connectivity index (χ2v) is 8.53. The summed E-state index contributed by atoms with van der Waals surface area (Å²) in [4.78, 5) is 16.6. The minimum Gasteiger partial charge on any atom is -0.322 e. The second-order valence-electron chi connectivity index (χ2n) is 6.12. The van der Waals surface area contributed by atoms with Crippen LogP contribution >= 0.6 is 11.6 Å². The molecule has 0 spiro atoms. The van der Waals surface area contributed by atoms with Crippen molar-refractivity contribution in [2.24, 2.45) is 0 Å². The number of amides is 1. The Morgan fingerprint density at radius 1 is 1.07 bits per heavy atom. The average Bonchev–Trinajstić information content (AvgIpc) is 2.67. The van der Waals surface area contributed by atoms with Crippen LogP contribution < -0.4 is 9.62 Å². The number of carbonyl (C=O) groups excluding carboxylic acids is 1. The molecule has 0 aliphatic rings. The number of rotatable bonds is 5. The molecule has 0 fully saturated rings. The number of anilines is 2. The van der Waals surface area contributed by atoms with Crippen molar-refractivity contribution >= 4 is 38.9 Å². The smallest absolute Gasteiger partial charge is 0.264 e. The van der Waals surface area contributed by atoms with Crippen molar-refractivity contribution in [2.45, 2.75) is 11.8 Å². The van der Waals surface area contributed by atoms with Gasteiger partial charge in [-0.05, 0) is 55.5 Å². The van der Waals surface area contributed by atoms with Crippen molar-refractivity contribution in [2.75, 3.05) is 16.7 Å². The Labute approximate surface area is 168 Å². The van der Waals surface area contributed by atoms with Crippen molar-refractivity contribution < 1.29 is 13.2 Å². The van der Waals surface area contributed by atoms with E-state index in [4.69, 9.17) is 11.6 Å². The van der Waals surface area contributed by atoms with Crippen LogP contribution in [0.5, 0.6) is 0 Å². The van der Waals surface area contributed by atoms with Gasteiger partial charge < -0.3 is 5.32 Å². The van der Waals surface area contributed by atoms with Gasteiger partial charge in [-0.2, -0.15) is 0 Å². The van der Waals surface area contributed by atoms with E-state index >= 15 is 0 Å². The van der Waals surface area contributed by atoms with Crippen molar-refractivity contribution in [1.82, 2.24) is 4.98 Å². The van der Waals surface area contributed by atoms with Crippen molar-refractivity contribution in [3.05, 3.63) is 83.1 Å². The molecule has 3 aromatic rings. The molecule has 1 aromatic heterocycles. The number of carbonyl (C=O) groups is 1. The molecule has 6 nitrogen and oxygen atoms in total. The molecule has 1 heterocycles. The van der Waals surface area contributed by atoms with Crippen LogP contribution in [0.2, 0.25) is 5.02 Å². The number of pyridine rings is 1. The molecule has 0 bridgehead atoms.